The third-order valence-corrected chi connectivity index (χ3v) is 5.95. The van der Waals surface area contributed by atoms with Crippen LogP contribution in [0.4, 0.5) is 5.69 Å². The van der Waals surface area contributed by atoms with Gasteiger partial charge in [-0.2, -0.15) is 0 Å². The number of benzene rings is 2. The number of nitrogens with one attached hydrogen (secondary N) is 1. The smallest absolute Gasteiger partial charge is 0.338 e. The average molecular weight is 420 g/mol. The normalized spacial score (nSPS) is 20.4. The van der Waals surface area contributed by atoms with Crippen molar-refractivity contribution in [3.8, 4) is 0 Å². The number of nitrogens with zero attached hydrogens (tertiary/aromatic N) is 1. The summed E-state index contributed by atoms with van der Waals surface area (Å²) in [6.07, 6.45) is 4.30. The van der Waals surface area contributed by atoms with Crippen molar-refractivity contribution in [2.75, 3.05) is 11.5 Å². The van der Waals surface area contributed by atoms with Crippen molar-refractivity contribution in [1.29, 1.82) is 0 Å². The van der Waals surface area contributed by atoms with Gasteiger partial charge in [0, 0.05) is 6.04 Å². The van der Waals surface area contributed by atoms with Gasteiger partial charge in [0.1, 0.15) is 0 Å². The Morgan fingerprint density at radius 3 is 2.19 bits per heavy atom. The second-order valence-electron chi connectivity index (χ2n) is 8.05. The van der Waals surface area contributed by atoms with Gasteiger partial charge in [0.05, 0.1) is 22.4 Å². The highest BCUT2D eigenvalue weighted by molar-refractivity contribution is 6.34. The summed E-state index contributed by atoms with van der Waals surface area (Å²) in [7, 11) is 0. The summed E-state index contributed by atoms with van der Waals surface area (Å²) in [5, 5.41) is 2.94. The van der Waals surface area contributed by atoms with Crippen molar-refractivity contribution in [3.05, 3.63) is 65.2 Å². The number of amides is 3. The molecule has 0 bridgehead atoms. The molecule has 2 atom stereocenters. The molecule has 7 nitrogen and oxygen atoms in total. The van der Waals surface area contributed by atoms with Crippen molar-refractivity contribution in [3.63, 3.8) is 0 Å². The van der Waals surface area contributed by atoms with E-state index in [0.29, 0.717) is 22.7 Å². The molecule has 160 valence electrons. The van der Waals surface area contributed by atoms with Crippen LogP contribution in [0.1, 0.15) is 63.7 Å². The van der Waals surface area contributed by atoms with Crippen LogP contribution in [0.3, 0.4) is 0 Å². The monoisotopic (exact) mass is 420 g/mol. The molecule has 1 heterocycles. The molecule has 7 heteroatoms. The minimum absolute atomic E-state index is 0.124. The molecule has 1 N–H and O–H groups in total. The summed E-state index contributed by atoms with van der Waals surface area (Å²) >= 11 is 0. The van der Waals surface area contributed by atoms with Crippen molar-refractivity contribution in [1.82, 2.24) is 5.32 Å². The summed E-state index contributed by atoms with van der Waals surface area (Å²) in [6, 6.07) is 12.7. The molecule has 3 amide bonds. The molecule has 1 aliphatic carbocycles. The fourth-order valence-electron chi connectivity index (χ4n) is 4.16. The first-order chi connectivity index (χ1) is 15.0. The van der Waals surface area contributed by atoms with Gasteiger partial charge in [-0.25, -0.2) is 9.69 Å². The van der Waals surface area contributed by atoms with E-state index in [0.717, 1.165) is 24.2 Å². The fraction of sp³-hybridized carbons (Fsp3) is 0.333. The molecule has 1 saturated carbocycles. The van der Waals surface area contributed by atoms with Gasteiger partial charge >= 0.3 is 5.97 Å². The summed E-state index contributed by atoms with van der Waals surface area (Å²) < 4.78 is 5.13. The van der Waals surface area contributed by atoms with E-state index in [9.17, 15) is 19.2 Å². The number of carbonyl (C=O) groups excluding carboxylic acids is 4. The molecule has 31 heavy (non-hydrogen) atoms. The summed E-state index contributed by atoms with van der Waals surface area (Å²) in [5.41, 5.74) is 1.31. The maximum atomic E-state index is 12.6. The van der Waals surface area contributed by atoms with Crippen LogP contribution in [0.2, 0.25) is 0 Å². The maximum absolute atomic E-state index is 12.6. The number of anilines is 1. The van der Waals surface area contributed by atoms with E-state index in [1.807, 2.05) is 0 Å². The topological polar surface area (TPSA) is 92.8 Å². The largest absolute Gasteiger partial charge is 0.452 e. The Labute approximate surface area is 180 Å². The molecule has 2 aromatic rings. The highest BCUT2D eigenvalue weighted by Gasteiger charge is 2.36. The number of rotatable bonds is 5. The number of ether oxygens (including phenoxy) is 1. The van der Waals surface area contributed by atoms with Gasteiger partial charge in [0.2, 0.25) is 0 Å². The van der Waals surface area contributed by atoms with Crippen LogP contribution in [-0.2, 0) is 9.53 Å². The molecule has 1 fully saturated rings. The van der Waals surface area contributed by atoms with Gasteiger partial charge < -0.3 is 10.1 Å². The van der Waals surface area contributed by atoms with Crippen LogP contribution >= 0.6 is 0 Å². The van der Waals surface area contributed by atoms with Crippen LogP contribution in [-0.4, -0.2) is 36.3 Å². The number of hydrogen-bond donors (Lipinski definition) is 1. The lowest BCUT2D eigenvalue weighted by molar-refractivity contribution is -0.125. The van der Waals surface area contributed by atoms with Crippen molar-refractivity contribution < 1.29 is 23.9 Å². The Kier molecular flexibility index (Phi) is 5.84. The highest BCUT2D eigenvalue weighted by Crippen LogP contribution is 2.28. The van der Waals surface area contributed by atoms with E-state index in [1.165, 1.54) is 30.7 Å². The first-order valence-corrected chi connectivity index (χ1v) is 10.5. The first kappa shape index (κ1) is 20.8. The Morgan fingerprint density at radius 1 is 0.968 bits per heavy atom. The summed E-state index contributed by atoms with van der Waals surface area (Å²) in [4.78, 5) is 50.6. The minimum atomic E-state index is -0.638. The molecule has 4 rings (SSSR count). The van der Waals surface area contributed by atoms with Crippen molar-refractivity contribution >= 4 is 29.4 Å². The predicted octanol–water partition coefficient (Wildman–Crippen LogP) is 3.34. The van der Waals surface area contributed by atoms with Gasteiger partial charge in [0.25, 0.3) is 17.7 Å². The zero-order valence-corrected chi connectivity index (χ0v) is 17.3. The first-order valence-electron chi connectivity index (χ1n) is 10.5. The lowest BCUT2D eigenvalue weighted by atomic mass is 9.86. The van der Waals surface area contributed by atoms with Crippen molar-refractivity contribution in [2.24, 2.45) is 5.92 Å². The van der Waals surface area contributed by atoms with E-state index in [-0.39, 0.29) is 24.1 Å². The lowest BCUT2D eigenvalue weighted by Crippen LogP contribution is -2.42. The molecule has 0 saturated heterocycles. The minimum Gasteiger partial charge on any atom is -0.452 e. The number of imide groups is 1. The zero-order valence-electron chi connectivity index (χ0n) is 17.3. The quantitative estimate of drug-likeness (QED) is 0.592. The van der Waals surface area contributed by atoms with Gasteiger partial charge in [-0.05, 0) is 55.2 Å². The Balaban J connectivity index is 1.35. The number of esters is 1. The van der Waals surface area contributed by atoms with Crippen LogP contribution in [0.15, 0.2) is 48.5 Å². The Hall–Kier alpha value is -3.48. The summed E-state index contributed by atoms with van der Waals surface area (Å²) in [6.45, 7) is 1.77. The van der Waals surface area contributed by atoms with Gasteiger partial charge in [-0.3, -0.25) is 14.4 Å². The molecule has 2 aromatic carbocycles. The Morgan fingerprint density at radius 2 is 1.58 bits per heavy atom. The number of carbonyl (C=O) groups is 4. The third kappa shape index (κ3) is 4.21. The van der Waals surface area contributed by atoms with Crippen LogP contribution in [0.25, 0.3) is 0 Å². The molecule has 1 aliphatic heterocycles. The zero-order chi connectivity index (χ0) is 22.0. The number of hydrogen-bond acceptors (Lipinski definition) is 5. The van der Waals surface area contributed by atoms with E-state index >= 15 is 0 Å². The molecule has 2 aliphatic rings. The van der Waals surface area contributed by atoms with Gasteiger partial charge in [0.15, 0.2) is 6.61 Å². The SMILES string of the molecule is C[C@H]1CCCC[C@@H]1NC(=O)COC(=O)c1ccc(N2C(=O)c3ccccc3C2=O)cc1. The highest BCUT2D eigenvalue weighted by atomic mass is 16.5. The van der Waals surface area contributed by atoms with E-state index in [4.69, 9.17) is 4.74 Å². The third-order valence-electron chi connectivity index (χ3n) is 5.95. The molecule has 0 radical (unpaired) electrons. The van der Waals surface area contributed by atoms with Crippen molar-refractivity contribution in [2.45, 2.75) is 38.6 Å². The predicted molar refractivity (Wildman–Crippen MR) is 114 cm³/mol. The van der Waals surface area contributed by atoms with E-state index in [1.54, 1.807) is 24.3 Å². The second kappa shape index (κ2) is 8.71. The second-order valence-corrected chi connectivity index (χ2v) is 8.05. The molecule has 0 spiro atoms. The van der Waals surface area contributed by atoms with E-state index < -0.39 is 17.8 Å². The molecule has 0 unspecified atom stereocenters. The molecular formula is C24H24N2O5. The lowest BCUT2D eigenvalue weighted by Gasteiger charge is -2.29. The van der Waals surface area contributed by atoms with Gasteiger partial charge in [-0.1, -0.05) is 31.9 Å². The fourth-order valence-corrected chi connectivity index (χ4v) is 4.16. The average Bonchev–Trinajstić information content (AvgIpc) is 3.04. The maximum Gasteiger partial charge on any atom is 0.338 e. The molecular weight excluding hydrogens is 396 g/mol. The van der Waals surface area contributed by atoms with E-state index in [2.05, 4.69) is 12.2 Å². The Bertz CT molecular complexity index is 996. The van der Waals surface area contributed by atoms with Crippen LogP contribution in [0, 0.1) is 5.92 Å². The standard InChI is InChI=1S/C24H24N2O5/c1-15-6-2-5-9-20(15)25-21(27)14-31-24(30)16-10-12-17(13-11-16)26-22(28)18-7-3-4-8-19(18)23(26)29/h3-4,7-8,10-13,15,20H,2,5-6,9,14H2,1H3,(H,25,27)/t15-,20-/m0/s1. The number of fused-ring (bicyclic) bond motifs is 1. The van der Waals surface area contributed by atoms with Crippen LogP contribution < -0.4 is 10.2 Å². The summed E-state index contributed by atoms with van der Waals surface area (Å²) in [5.74, 6) is -1.33. The van der Waals surface area contributed by atoms with Gasteiger partial charge in [-0.15, -0.1) is 0 Å². The molecule has 0 aromatic heterocycles. The van der Waals surface area contributed by atoms with Crippen LogP contribution in [0.5, 0.6) is 0 Å².